The van der Waals surface area contributed by atoms with Gasteiger partial charge in [0, 0.05) is 18.4 Å². The van der Waals surface area contributed by atoms with E-state index in [1.165, 1.54) is 12.8 Å². The third-order valence-corrected chi connectivity index (χ3v) is 2.77. The number of hydrogen-bond acceptors (Lipinski definition) is 4. The van der Waals surface area contributed by atoms with E-state index in [9.17, 15) is 0 Å². The lowest BCUT2D eigenvalue weighted by Crippen LogP contribution is -2.25. The first-order valence-corrected chi connectivity index (χ1v) is 5.85. The number of nitrogens with one attached hydrogen (secondary N) is 1. The lowest BCUT2D eigenvalue weighted by Gasteiger charge is -2.09. The maximum atomic E-state index is 5.21. The van der Waals surface area contributed by atoms with Crippen LogP contribution < -0.4 is 5.32 Å². The van der Waals surface area contributed by atoms with Gasteiger partial charge in [-0.25, -0.2) is 0 Å². The zero-order chi connectivity index (χ0) is 10.7. The average Bonchev–Trinajstić information content (AvgIpc) is 2.96. The van der Waals surface area contributed by atoms with Crippen LogP contribution in [0.1, 0.15) is 50.7 Å². The fourth-order valence-corrected chi connectivity index (χ4v) is 1.67. The minimum Gasteiger partial charge on any atom is -0.339 e. The van der Waals surface area contributed by atoms with Crippen molar-refractivity contribution in [2.24, 2.45) is 0 Å². The lowest BCUT2D eigenvalue weighted by molar-refractivity contribution is 0.363. The van der Waals surface area contributed by atoms with Gasteiger partial charge < -0.3 is 9.84 Å². The molecular weight excluding hydrogens is 190 g/mol. The van der Waals surface area contributed by atoms with E-state index in [1.807, 2.05) is 0 Å². The van der Waals surface area contributed by atoms with Crippen molar-refractivity contribution in [3.63, 3.8) is 0 Å². The quantitative estimate of drug-likeness (QED) is 0.777. The number of aromatic nitrogens is 2. The van der Waals surface area contributed by atoms with Crippen LogP contribution in [0.4, 0.5) is 0 Å². The van der Waals surface area contributed by atoms with Crippen molar-refractivity contribution in [3.8, 4) is 0 Å². The Morgan fingerprint density at radius 2 is 2.33 bits per heavy atom. The van der Waals surface area contributed by atoms with Gasteiger partial charge >= 0.3 is 0 Å². The molecule has 4 heteroatoms. The molecule has 1 N–H and O–H groups in total. The molecule has 1 heterocycles. The summed E-state index contributed by atoms with van der Waals surface area (Å²) in [6.45, 7) is 5.31. The Kier molecular flexibility index (Phi) is 3.36. The van der Waals surface area contributed by atoms with Crippen LogP contribution in [0.5, 0.6) is 0 Å². The van der Waals surface area contributed by atoms with Crippen molar-refractivity contribution in [2.75, 3.05) is 6.54 Å². The Hall–Kier alpha value is -0.900. The Balaban J connectivity index is 1.77. The van der Waals surface area contributed by atoms with E-state index in [2.05, 4.69) is 29.3 Å². The molecule has 0 saturated heterocycles. The SMILES string of the molecule is CCNC(C)CCc1nc(C2CC2)no1. The molecule has 2 rings (SSSR count). The number of hydrogen-bond donors (Lipinski definition) is 1. The van der Waals surface area contributed by atoms with Crippen LogP contribution in [0.2, 0.25) is 0 Å². The summed E-state index contributed by atoms with van der Waals surface area (Å²) in [5, 5.41) is 7.36. The second-order valence-corrected chi connectivity index (χ2v) is 4.32. The first kappa shape index (κ1) is 10.6. The summed E-state index contributed by atoms with van der Waals surface area (Å²) in [5.74, 6) is 2.30. The van der Waals surface area contributed by atoms with Crippen LogP contribution in [0, 0.1) is 0 Å². The summed E-state index contributed by atoms with van der Waals surface area (Å²) in [5.41, 5.74) is 0. The molecule has 1 aliphatic carbocycles. The molecule has 0 aliphatic heterocycles. The van der Waals surface area contributed by atoms with Gasteiger partial charge in [0.2, 0.25) is 5.89 Å². The van der Waals surface area contributed by atoms with Crippen molar-refractivity contribution in [2.45, 2.75) is 51.5 Å². The molecule has 15 heavy (non-hydrogen) atoms. The highest BCUT2D eigenvalue weighted by atomic mass is 16.5. The summed E-state index contributed by atoms with van der Waals surface area (Å²) in [4.78, 5) is 4.40. The summed E-state index contributed by atoms with van der Waals surface area (Å²) in [7, 11) is 0. The smallest absolute Gasteiger partial charge is 0.226 e. The minimum atomic E-state index is 0.520. The van der Waals surface area contributed by atoms with Crippen molar-refractivity contribution < 1.29 is 4.52 Å². The van der Waals surface area contributed by atoms with Gasteiger partial charge in [0.25, 0.3) is 0 Å². The van der Waals surface area contributed by atoms with Gasteiger partial charge in [-0.1, -0.05) is 12.1 Å². The lowest BCUT2D eigenvalue weighted by atomic mass is 10.2. The summed E-state index contributed by atoms with van der Waals surface area (Å²) in [6.07, 6.45) is 4.40. The first-order valence-electron chi connectivity index (χ1n) is 5.85. The van der Waals surface area contributed by atoms with Crippen molar-refractivity contribution >= 4 is 0 Å². The van der Waals surface area contributed by atoms with E-state index in [1.54, 1.807) is 0 Å². The molecule has 1 saturated carbocycles. The average molecular weight is 209 g/mol. The van der Waals surface area contributed by atoms with Gasteiger partial charge in [-0.15, -0.1) is 0 Å². The maximum Gasteiger partial charge on any atom is 0.226 e. The van der Waals surface area contributed by atoms with Crippen LogP contribution in [0.3, 0.4) is 0 Å². The first-order chi connectivity index (χ1) is 7.29. The molecule has 1 aliphatic rings. The van der Waals surface area contributed by atoms with E-state index in [0.717, 1.165) is 31.1 Å². The van der Waals surface area contributed by atoms with Crippen LogP contribution in [-0.4, -0.2) is 22.7 Å². The summed E-state index contributed by atoms with van der Waals surface area (Å²) < 4.78 is 5.21. The zero-order valence-corrected chi connectivity index (χ0v) is 9.49. The standard InChI is InChI=1S/C11H19N3O/c1-3-12-8(2)4-7-10-13-11(14-15-10)9-5-6-9/h8-9,12H,3-7H2,1-2H3. The van der Waals surface area contributed by atoms with E-state index >= 15 is 0 Å². The van der Waals surface area contributed by atoms with E-state index in [-0.39, 0.29) is 0 Å². The van der Waals surface area contributed by atoms with Gasteiger partial charge in [0.15, 0.2) is 5.82 Å². The van der Waals surface area contributed by atoms with Crippen molar-refractivity contribution in [3.05, 3.63) is 11.7 Å². The molecule has 0 spiro atoms. The van der Waals surface area contributed by atoms with Crippen molar-refractivity contribution in [1.82, 2.24) is 15.5 Å². The molecule has 1 aromatic heterocycles. The largest absolute Gasteiger partial charge is 0.339 e. The number of nitrogens with zero attached hydrogens (tertiary/aromatic N) is 2. The Morgan fingerprint density at radius 1 is 1.53 bits per heavy atom. The third kappa shape index (κ3) is 3.02. The zero-order valence-electron chi connectivity index (χ0n) is 9.49. The van der Waals surface area contributed by atoms with E-state index in [0.29, 0.717) is 12.0 Å². The second-order valence-electron chi connectivity index (χ2n) is 4.32. The van der Waals surface area contributed by atoms with Crippen LogP contribution in [-0.2, 0) is 6.42 Å². The van der Waals surface area contributed by atoms with Gasteiger partial charge in [0.1, 0.15) is 0 Å². The highest BCUT2D eigenvalue weighted by Crippen LogP contribution is 2.38. The predicted molar refractivity (Wildman–Crippen MR) is 57.7 cm³/mol. The second kappa shape index (κ2) is 4.75. The Morgan fingerprint density at radius 3 is 3.00 bits per heavy atom. The normalized spacial score (nSPS) is 18.0. The fourth-order valence-electron chi connectivity index (χ4n) is 1.67. The Bertz CT molecular complexity index is 307. The minimum absolute atomic E-state index is 0.520. The topological polar surface area (TPSA) is 51.0 Å². The molecule has 0 radical (unpaired) electrons. The van der Waals surface area contributed by atoms with Gasteiger partial charge in [0.05, 0.1) is 0 Å². The molecule has 1 fully saturated rings. The van der Waals surface area contributed by atoms with Crippen LogP contribution in [0.15, 0.2) is 4.52 Å². The molecule has 0 bridgehead atoms. The van der Waals surface area contributed by atoms with Crippen LogP contribution in [0.25, 0.3) is 0 Å². The molecule has 84 valence electrons. The molecule has 1 atom stereocenters. The highest BCUT2D eigenvalue weighted by Gasteiger charge is 2.28. The van der Waals surface area contributed by atoms with E-state index in [4.69, 9.17) is 4.52 Å². The van der Waals surface area contributed by atoms with Gasteiger partial charge in [-0.2, -0.15) is 4.98 Å². The summed E-state index contributed by atoms with van der Waals surface area (Å²) in [6, 6.07) is 0.520. The molecule has 0 aromatic carbocycles. The maximum absolute atomic E-state index is 5.21. The monoisotopic (exact) mass is 209 g/mol. The molecule has 4 nitrogen and oxygen atoms in total. The van der Waals surface area contributed by atoms with Crippen molar-refractivity contribution in [1.29, 1.82) is 0 Å². The Labute approximate surface area is 90.4 Å². The summed E-state index contributed by atoms with van der Waals surface area (Å²) >= 11 is 0. The van der Waals surface area contributed by atoms with Gasteiger partial charge in [-0.05, 0) is 32.7 Å². The fraction of sp³-hybridized carbons (Fsp3) is 0.818. The molecular formula is C11H19N3O. The molecule has 1 aromatic rings. The highest BCUT2D eigenvalue weighted by molar-refractivity contribution is 5.03. The van der Waals surface area contributed by atoms with Crippen LogP contribution >= 0.6 is 0 Å². The van der Waals surface area contributed by atoms with E-state index < -0.39 is 0 Å². The number of aryl methyl sites for hydroxylation is 1. The molecule has 0 amide bonds. The molecule has 1 unspecified atom stereocenters. The predicted octanol–water partition coefficient (Wildman–Crippen LogP) is 1.88. The van der Waals surface area contributed by atoms with Gasteiger partial charge in [-0.3, -0.25) is 0 Å². The number of rotatable bonds is 6. The third-order valence-electron chi connectivity index (χ3n) is 2.77.